The van der Waals surface area contributed by atoms with E-state index in [1.165, 1.54) is 19.3 Å². The number of aromatic nitrogens is 2. The van der Waals surface area contributed by atoms with Crippen LogP contribution in [0.25, 0.3) is 5.69 Å². The molecule has 1 saturated heterocycles. The van der Waals surface area contributed by atoms with Crippen LogP contribution in [0.5, 0.6) is 0 Å². The molecule has 166 valence electrons. The van der Waals surface area contributed by atoms with E-state index >= 15 is 0 Å². The van der Waals surface area contributed by atoms with Crippen LogP contribution in [0.1, 0.15) is 51.0 Å². The zero-order valence-electron chi connectivity index (χ0n) is 18.5. The molecule has 1 atom stereocenters. The molecule has 2 N–H and O–H groups in total. The fourth-order valence-electron chi connectivity index (χ4n) is 4.53. The van der Waals surface area contributed by atoms with E-state index in [9.17, 15) is 4.79 Å². The van der Waals surface area contributed by atoms with Gasteiger partial charge in [-0.15, -0.1) is 0 Å². The molecule has 4 rings (SSSR count). The van der Waals surface area contributed by atoms with Crippen molar-refractivity contribution in [1.29, 1.82) is 0 Å². The Bertz CT molecular complexity index is 871. The predicted molar refractivity (Wildman–Crippen MR) is 123 cm³/mol. The molecule has 1 aliphatic carbocycles. The van der Waals surface area contributed by atoms with E-state index in [4.69, 9.17) is 4.99 Å². The van der Waals surface area contributed by atoms with Crippen LogP contribution in [0, 0.1) is 5.92 Å². The van der Waals surface area contributed by atoms with E-state index in [1.807, 2.05) is 47.4 Å². The summed E-state index contributed by atoms with van der Waals surface area (Å²) in [6, 6.07) is 10.3. The number of nitrogens with zero attached hydrogens (tertiary/aromatic N) is 4. The fourth-order valence-corrected chi connectivity index (χ4v) is 4.53. The first-order chi connectivity index (χ1) is 15.2. The van der Waals surface area contributed by atoms with Gasteiger partial charge in [-0.1, -0.05) is 37.5 Å². The standard InChI is InChI=1S/C24H34N6O/c1-2-25-24(26-15-19-16-27-30(17-19)22-11-7-4-8-12-22)28-21-13-14-29(18-21)23(31)20-9-5-3-6-10-20/h4,7-8,11-12,16-17,20-21H,2-3,5-6,9-10,13-15,18H2,1H3,(H2,25,26,28). The van der Waals surface area contributed by atoms with E-state index in [-0.39, 0.29) is 12.0 Å². The molecule has 0 radical (unpaired) electrons. The highest BCUT2D eigenvalue weighted by Crippen LogP contribution is 2.26. The van der Waals surface area contributed by atoms with Gasteiger partial charge in [0.15, 0.2) is 5.96 Å². The number of carbonyl (C=O) groups is 1. The van der Waals surface area contributed by atoms with Crippen molar-refractivity contribution in [3.05, 3.63) is 48.3 Å². The van der Waals surface area contributed by atoms with Gasteiger partial charge in [0.25, 0.3) is 0 Å². The van der Waals surface area contributed by atoms with E-state index in [0.29, 0.717) is 12.5 Å². The van der Waals surface area contributed by atoms with Crippen molar-refractivity contribution >= 4 is 11.9 Å². The zero-order chi connectivity index (χ0) is 21.5. The van der Waals surface area contributed by atoms with Gasteiger partial charge < -0.3 is 15.5 Å². The fraction of sp³-hybridized carbons (Fsp3) is 0.542. The van der Waals surface area contributed by atoms with Gasteiger partial charge in [0, 0.05) is 43.4 Å². The number of amides is 1. The lowest BCUT2D eigenvalue weighted by atomic mass is 9.88. The molecule has 0 bridgehead atoms. The van der Waals surface area contributed by atoms with Crippen LogP contribution in [-0.4, -0.2) is 52.2 Å². The van der Waals surface area contributed by atoms with Crippen LogP contribution in [0.2, 0.25) is 0 Å². The first-order valence-corrected chi connectivity index (χ1v) is 11.7. The summed E-state index contributed by atoms with van der Waals surface area (Å²) in [4.78, 5) is 19.6. The lowest BCUT2D eigenvalue weighted by Crippen LogP contribution is -2.45. The van der Waals surface area contributed by atoms with Gasteiger partial charge in [-0.2, -0.15) is 5.10 Å². The van der Waals surface area contributed by atoms with E-state index < -0.39 is 0 Å². The molecule has 2 fully saturated rings. The minimum Gasteiger partial charge on any atom is -0.357 e. The number of rotatable bonds is 6. The Balaban J connectivity index is 1.32. The van der Waals surface area contributed by atoms with Crippen LogP contribution in [-0.2, 0) is 11.3 Å². The number of likely N-dealkylation sites (tertiary alicyclic amines) is 1. The lowest BCUT2D eigenvalue weighted by Gasteiger charge is -2.26. The van der Waals surface area contributed by atoms with Gasteiger partial charge >= 0.3 is 0 Å². The molecule has 7 heteroatoms. The highest BCUT2D eigenvalue weighted by Gasteiger charge is 2.31. The van der Waals surface area contributed by atoms with Crippen molar-refractivity contribution in [3.8, 4) is 5.69 Å². The molecule has 31 heavy (non-hydrogen) atoms. The van der Waals surface area contributed by atoms with Crippen molar-refractivity contribution in [3.63, 3.8) is 0 Å². The number of guanidine groups is 1. The number of hydrogen-bond acceptors (Lipinski definition) is 3. The second-order valence-corrected chi connectivity index (χ2v) is 8.57. The van der Waals surface area contributed by atoms with Gasteiger partial charge in [0.2, 0.25) is 5.91 Å². The third-order valence-electron chi connectivity index (χ3n) is 6.22. The quantitative estimate of drug-likeness (QED) is 0.554. The second-order valence-electron chi connectivity index (χ2n) is 8.57. The number of hydrogen-bond donors (Lipinski definition) is 2. The SMILES string of the molecule is CCNC(=NCc1cnn(-c2ccccc2)c1)NC1CCN(C(=O)C2CCCCC2)C1. The topological polar surface area (TPSA) is 74.6 Å². The van der Waals surface area contributed by atoms with Crippen molar-refractivity contribution < 1.29 is 4.79 Å². The molecule has 1 unspecified atom stereocenters. The van der Waals surface area contributed by atoms with Crippen molar-refractivity contribution in [2.75, 3.05) is 19.6 Å². The molecular weight excluding hydrogens is 388 g/mol. The summed E-state index contributed by atoms with van der Waals surface area (Å²) >= 11 is 0. The van der Waals surface area contributed by atoms with Gasteiger partial charge in [0.1, 0.15) is 0 Å². The number of aliphatic imine (C=N–C) groups is 1. The molecule has 0 spiro atoms. The van der Waals surface area contributed by atoms with Crippen LogP contribution in [0.3, 0.4) is 0 Å². The van der Waals surface area contributed by atoms with E-state index in [1.54, 1.807) is 0 Å². The highest BCUT2D eigenvalue weighted by atomic mass is 16.2. The summed E-state index contributed by atoms with van der Waals surface area (Å²) in [6.45, 7) is 5.03. The smallest absolute Gasteiger partial charge is 0.225 e. The molecule has 1 saturated carbocycles. The molecule has 2 heterocycles. The van der Waals surface area contributed by atoms with Crippen LogP contribution < -0.4 is 10.6 Å². The molecule has 7 nitrogen and oxygen atoms in total. The molecule has 2 aromatic rings. The van der Waals surface area contributed by atoms with E-state index in [2.05, 4.69) is 27.6 Å². The molecule has 1 aromatic carbocycles. The lowest BCUT2D eigenvalue weighted by molar-refractivity contribution is -0.135. The Labute approximate surface area is 184 Å². The van der Waals surface area contributed by atoms with Crippen molar-refractivity contribution in [2.45, 2.75) is 58.0 Å². The minimum absolute atomic E-state index is 0.246. The van der Waals surface area contributed by atoms with Gasteiger partial charge in [-0.3, -0.25) is 4.79 Å². The average molecular weight is 423 g/mol. The summed E-state index contributed by atoms with van der Waals surface area (Å²) < 4.78 is 1.87. The van der Waals surface area contributed by atoms with Crippen molar-refractivity contribution in [1.82, 2.24) is 25.3 Å². The Morgan fingerprint density at radius 3 is 2.74 bits per heavy atom. The molecule has 1 amide bonds. The summed E-state index contributed by atoms with van der Waals surface area (Å²) in [5.74, 6) is 1.40. The zero-order valence-corrected chi connectivity index (χ0v) is 18.5. The molecular formula is C24H34N6O. The van der Waals surface area contributed by atoms with Gasteiger partial charge in [-0.25, -0.2) is 9.67 Å². The summed E-state index contributed by atoms with van der Waals surface area (Å²) in [5.41, 5.74) is 2.10. The van der Waals surface area contributed by atoms with Gasteiger partial charge in [-0.05, 0) is 38.3 Å². The third-order valence-corrected chi connectivity index (χ3v) is 6.22. The monoisotopic (exact) mass is 422 g/mol. The summed E-state index contributed by atoms with van der Waals surface area (Å²) in [7, 11) is 0. The molecule has 2 aliphatic rings. The average Bonchev–Trinajstić information content (AvgIpc) is 3.48. The maximum atomic E-state index is 12.8. The first-order valence-electron chi connectivity index (χ1n) is 11.7. The summed E-state index contributed by atoms with van der Waals surface area (Å²) in [6.07, 6.45) is 10.6. The first kappa shape index (κ1) is 21.4. The van der Waals surface area contributed by atoms with E-state index in [0.717, 1.165) is 56.1 Å². The normalized spacial score (nSPS) is 20.1. The van der Waals surface area contributed by atoms with Crippen LogP contribution in [0.4, 0.5) is 0 Å². The Hall–Kier alpha value is -2.83. The Morgan fingerprint density at radius 2 is 1.97 bits per heavy atom. The molecule has 1 aliphatic heterocycles. The summed E-state index contributed by atoms with van der Waals surface area (Å²) in [5, 5.41) is 11.3. The number of benzene rings is 1. The van der Waals surface area contributed by atoms with Gasteiger partial charge in [0.05, 0.1) is 18.4 Å². The maximum Gasteiger partial charge on any atom is 0.225 e. The highest BCUT2D eigenvalue weighted by molar-refractivity contribution is 5.81. The predicted octanol–water partition coefficient (Wildman–Crippen LogP) is 3.11. The number of carbonyl (C=O) groups excluding carboxylic acids is 1. The Morgan fingerprint density at radius 1 is 1.16 bits per heavy atom. The maximum absolute atomic E-state index is 12.8. The van der Waals surface area contributed by atoms with Crippen LogP contribution in [0.15, 0.2) is 47.7 Å². The minimum atomic E-state index is 0.246. The molecule has 1 aromatic heterocycles. The Kier molecular flexibility index (Phi) is 7.22. The number of nitrogens with one attached hydrogen (secondary N) is 2. The third kappa shape index (κ3) is 5.66. The van der Waals surface area contributed by atoms with Crippen LogP contribution >= 0.6 is 0 Å². The van der Waals surface area contributed by atoms with Crippen molar-refractivity contribution in [2.24, 2.45) is 10.9 Å². The second kappa shape index (κ2) is 10.5. The largest absolute Gasteiger partial charge is 0.357 e. The number of para-hydroxylation sites is 1.